The van der Waals surface area contributed by atoms with Crippen molar-refractivity contribution in [3.63, 3.8) is 0 Å². The van der Waals surface area contributed by atoms with Crippen LogP contribution in [0.25, 0.3) is 0 Å². The zero-order chi connectivity index (χ0) is 16.4. The smallest absolute Gasteiger partial charge is 0.227 e. The molecule has 0 N–H and O–H groups in total. The summed E-state index contributed by atoms with van der Waals surface area (Å²) in [5.74, 6) is 0.266. The minimum atomic E-state index is -0.0346. The van der Waals surface area contributed by atoms with E-state index in [1.807, 2.05) is 33.8 Å². The predicted octanol–water partition coefficient (Wildman–Crippen LogP) is 1.44. The molecule has 2 unspecified atom stereocenters. The topological polar surface area (TPSA) is 58.4 Å². The lowest BCUT2D eigenvalue weighted by Crippen LogP contribution is -2.48. The molecule has 0 saturated carbocycles. The van der Waals surface area contributed by atoms with Gasteiger partial charge >= 0.3 is 0 Å². The maximum absolute atomic E-state index is 12.9. The number of carbonyl (C=O) groups is 2. The van der Waals surface area contributed by atoms with Crippen LogP contribution in [-0.4, -0.2) is 57.1 Å². The van der Waals surface area contributed by atoms with E-state index < -0.39 is 0 Å². The van der Waals surface area contributed by atoms with E-state index in [1.54, 1.807) is 6.92 Å². The normalized spacial score (nSPS) is 25.0. The molecule has 6 nitrogen and oxygen atoms in total. The summed E-state index contributed by atoms with van der Waals surface area (Å²) >= 11 is 0. The Morgan fingerprint density at radius 1 is 1.26 bits per heavy atom. The summed E-state index contributed by atoms with van der Waals surface area (Å²) in [6.07, 6.45) is 7.79. The van der Waals surface area contributed by atoms with Crippen molar-refractivity contribution < 1.29 is 9.59 Å². The van der Waals surface area contributed by atoms with Crippen LogP contribution in [-0.2, 0) is 16.1 Å². The maximum Gasteiger partial charge on any atom is 0.227 e. The molecule has 2 fully saturated rings. The van der Waals surface area contributed by atoms with Gasteiger partial charge in [-0.15, -0.1) is 0 Å². The number of piperidine rings is 1. The molecule has 0 spiro atoms. The third-order valence-corrected chi connectivity index (χ3v) is 5.04. The molecule has 0 bridgehead atoms. The predicted molar refractivity (Wildman–Crippen MR) is 86.7 cm³/mol. The van der Waals surface area contributed by atoms with Crippen molar-refractivity contribution >= 4 is 11.8 Å². The lowest BCUT2D eigenvalue weighted by Gasteiger charge is -2.35. The largest absolute Gasteiger partial charge is 0.342 e. The van der Waals surface area contributed by atoms with Crippen molar-refractivity contribution in [3.05, 3.63) is 18.0 Å². The molecular formula is C17H26N4O2. The number of likely N-dealkylation sites (tertiary alicyclic amines) is 2. The Morgan fingerprint density at radius 2 is 2.04 bits per heavy atom. The number of nitrogens with zero attached hydrogens (tertiary/aromatic N) is 4. The Morgan fingerprint density at radius 3 is 2.74 bits per heavy atom. The first kappa shape index (κ1) is 16.0. The van der Waals surface area contributed by atoms with Crippen molar-refractivity contribution in [2.45, 2.75) is 52.1 Å². The molecule has 6 heteroatoms. The van der Waals surface area contributed by atoms with Crippen molar-refractivity contribution in [2.75, 3.05) is 19.6 Å². The van der Waals surface area contributed by atoms with E-state index in [0.29, 0.717) is 6.54 Å². The lowest BCUT2D eigenvalue weighted by molar-refractivity contribution is -0.141. The summed E-state index contributed by atoms with van der Waals surface area (Å²) in [5, 5.41) is 4.35. The molecule has 1 aromatic heterocycles. The van der Waals surface area contributed by atoms with Gasteiger partial charge in [-0.3, -0.25) is 14.3 Å². The number of hydrogen-bond acceptors (Lipinski definition) is 3. The Labute approximate surface area is 137 Å². The first-order chi connectivity index (χ1) is 11.0. The van der Waals surface area contributed by atoms with Crippen molar-refractivity contribution in [1.29, 1.82) is 0 Å². The van der Waals surface area contributed by atoms with Gasteiger partial charge in [-0.25, -0.2) is 0 Å². The van der Waals surface area contributed by atoms with Crippen LogP contribution in [0.4, 0.5) is 0 Å². The van der Waals surface area contributed by atoms with Crippen LogP contribution in [0.2, 0.25) is 0 Å². The number of aryl methyl sites for hydroxylation is 1. The number of amides is 2. The first-order valence-corrected chi connectivity index (χ1v) is 8.59. The second-order valence-electron chi connectivity index (χ2n) is 6.87. The number of aromatic nitrogens is 2. The fraction of sp³-hybridized carbons (Fsp3) is 0.706. The highest BCUT2D eigenvalue weighted by atomic mass is 16.2. The van der Waals surface area contributed by atoms with E-state index in [2.05, 4.69) is 5.10 Å². The minimum absolute atomic E-state index is 0.0346. The average Bonchev–Trinajstić information content (AvgIpc) is 3.16. The molecule has 1 aromatic rings. The molecule has 0 radical (unpaired) electrons. The summed E-state index contributed by atoms with van der Waals surface area (Å²) in [7, 11) is 0. The quantitative estimate of drug-likeness (QED) is 0.847. The van der Waals surface area contributed by atoms with E-state index in [-0.39, 0.29) is 23.8 Å². The monoisotopic (exact) mass is 318 g/mol. The summed E-state index contributed by atoms with van der Waals surface area (Å²) < 4.78 is 1.94. The van der Waals surface area contributed by atoms with Gasteiger partial charge in [-0.05, 0) is 38.2 Å². The molecular weight excluding hydrogens is 292 g/mol. The van der Waals surface area contributed by atoms with Gasteiger partial charge in [-0.2, -0.15) is 5.10 Å². The molecule has 3 rings (SSSR count). The van der Waals surface area contributed by atoms with E-state index in [0.717, 1.165) is 50.9 Å². The third-order valence-electron chi connectivity index (χ3n) is 5.04. The first-order valence-electron chi connectivity index (χ1n) is 8.59. The molecule has 0 aliphatic carbocycles. The number of hydrogen-bond donors (Lipinski definition) is 0. The van der Waals surface area contributed by atoms with Gasteiger partial charge in [0.15, 0.2) is 0 Å². The molecule has 126 valence electrons. The van der Waals surface area contributed by atoms with E-state index in [9.17, 15) is 9.59 Å². The van der Waals surface area contributed by atoms with Crippen molar-refractivity contribution in [3.8, 4) is 0 Å². The van der Waals surface area contributed by atoms with Crippen LogP contribution in [0.1, 0.15) is 38.2 Å². The van der Waals surface area contributed by atoms with Gasteiger partial charge in [0.25, 0.3) is 0 Å². The molecule has 23 heavy (non-hydrogen) atoms. The lowest BCUT2D eigenvalue weighted by atomic mass is 9.96. The van der Waals surface area contributed by atoms with E-state index in [1.165, 1.54) is 0 Å². The fourth-order valence-electron chi connectivity index (χ4n) is 3.80. The van der Waals surface area contributed by atoms with Crippen LogP contribution in [0.5, 0.6) is 0 Å². The summed E-state index contributed by atoms with van der Waals surface area (Å²) in [6, 6.07) is 0.231. The molecule has 3 heterocycles. The van der Waals surface area contributed by atoms with Crippen LogP contribution in [0.3, 0.4) is 0 Å². The van der Waals surface area contributed by atoms with Crippen LogP contribution in [0.15, 0.2) is 12.4 Å². The Kier molecular flexibility index (Phi) is 4.68. The van der Waals surface area contributed by atoms with E-state index >= 15 is 0 Å². The van der Waals surface area contributed by atoms with Crippen molar-refractivity contribution in [2.24, 2.45) is 5.92 Å². The van der Waals surface area contributed by atoms with Gasteiger partial charge < -0.3 is 9.80 Å². The summed E-state index contributed by atoms with van der Waals surface area (Å²) in [4.78, 5) is 28.4. The number of rotatable bonds is 3. The van der Waals surface area contributed by atoms with Gasteiger partial charge in [-0.1, -0.05) is 0 Å². The molecule has 0 aromatic carbocycles. The standard InChI is InChI=1S/C17H26N4O2/c1-13-9-18-20(10-13)12-16-6-4-8-21(16)17(23)15-5-3-7-19(11-15)14(2)22/h9-10,15-16H,3-8,11-12H2,1-2H3. The van der Waals surface area contributed by atoms with Crippen molar-refractivity contribution in [1.82, 2.24) is 19.6 Å². The highest BCUT2D eigenvalue weighted by Crippen LogP contribution is 2.25. The zero-order valence-electron chi connectivity index (χ0n) is 14.1. The Bertz CT molecular complexity index is 583. The van der Waals surface area contributed by atoms with Gasteiger partial charge in [0.2, 0.25) is 11.8 Å². The second kappa shape index (κ2) is 6.72. The minimum Gasteiger partial charge on any atom is -0.342 e. The average molecular weight is 318 g/mol. The Balaban J connectivity index is 1.64. The summed E-state index contributed by atoms with van der Waals surface area (Å²) in [5.41, 5.74) is 1.14. The van der Waals surface area contributed by atoms with Gasteiger partial charge in [0.1, 0.15) is 0 Å². The van der Waals surface area contributed by atoms with Gasteiger partial charge in [0.05, 0.1) is 24.7 Å². The molecule has 2 atom stereocenters. The second-order valence-corrected chi connectivity index (χ2v) is 6.87. The maximum atomic E-state index is 12.9. The molecule has 2 aliphatic heterocycles. The van der Waals surface area contributed by atoms with Crippen LogP contribution in [0, 0.1) is 12.8 Å². The van der Waals surface area contributed by atoms with Crippen LogP contribution >= 0.6 is 0 Å². The number of carbonyl (C=O) groups excluding carboxylic acids is 2. The fourth-order valence-corrected chi connectivity index (χ4v) is 3.80. The SMILES string of the molecule is CC(=O)N1CCCC(C(=O)N2CCCC2Cn2cc(C)cn2)C1. The highest BCUT2D eigenvalue weighted by molar-refractivity contribution is 5.81. The van der Waals surface area contributed by atoms with Gasteiger partial charge in [0, 0.05) is 32.8 Å². The molecule has 2 aliphatic rings. The zero-order valence-corrected chi connectivity index (χ0v) is 14.1. The third kappa shape index (κ3) is 3.57. The Hall–Kier alpha value is -1.85. The summed E-state index contributed by atoms with van der Waals surface area (Å²) in [6.45, 7) is 6.58. The highest BCUT2D eigenvalue weighted by Gasteiger charge is 2.35. The molecule has 2 saturated heterocycles. The van der Waals surface area contributed by atoms with Crippen LogP contribution < -0.4 is 0 Å². The molecule has 2 amide bonds. The van der Waals surface area contributed by atoms with E-state index in [4.69, 9.17) is 0 Å².